The molecule has 0 bridgehead atoms. The minimum absolute atomic E-state index is 0.0798. The zero-order valence-electron chi connectivity index (χ0n) is 29.0. The molecule has 1 atom stereocenters. The van der Waals surface area contributed by atoms with Gasteiger partial charge in [-0.25, -0.2) is 0 Å². The zero-order chi connectivity index (χ0) is 36.4. The van der Waals surface area contributed by atoms with E-state index in [2.05, 4.69) is 74.6 Å². The Bertz CT molecular complexity index is 2030. The Morgan fingerprint density at radius 1 is 0.740 bits per heavy atom. The number of carbonyl (C=O) groups excluding carboxylic acids is 2. The number of aryl methyl sites for hydroxylation is 1. The molecule has 0 aliphatic rings. The van der Waals surface area contributed by atoms with E-state index in [1.54, 1.807) is 0 Å². The number of carbonyl (C=O) groups is 2. The van der Waals surface area contributed by atoms with E-state index < -0.39 is 16.5 Å². The van der Waals surface area contributed by atoms with Gasteiger partial charge >= 0.3 is 10.6 Å². The van der Waals surface area contributed by atoms with Crippen molar-refractivity contribution in [3.05, 3.63) is 148 Å². The minimum atomic E-state index is -3.11. The number of halogens is 1. The predicted octanol–water partition coefficient (Wildman–Crippen LogP) is 10.2. The van der Waals surface area contributed by atoms with Gasteiger partial charge in [0.15, 0.2) is 5.78 Å². The van der Waals surface area contributed by atoms with Crippen LogP contribution in [0.25, 0.3) is 22.3 Å². The third kappa shape index (κ3) is 10.6. The lowest BCUT2D eigenvalue weighted by atomic mass is 9.86. The molecule has 0 aliphatic carbocycles. The van der Waals surface area contributed by atoms with Gasteiger partial charge in [-0.05, 0) is 94.0 Å². The van der Waals surface area contributed by atoms with E-state index in [9.17, 15) is 9.59 Å². The van der Waals surface area contributed by atoms with Crippen molar-refractivity contribution in [2.75, 3.05) is 5.32 Å². The number of benzene rings is 5. The van der Waals surface area contributed by atoms with Crippen LogP contribution in [-0.2, 0) is 27.2 Å². The lowest BCUT2D eigenvalue weighted by Crippen LogP contribution is -2.23. The van der Waals surface area contributed by atoms with Gasteiger partial charge in [-0.3, -0.25) is 9.59 Å². The number of anilines is 1. The largest absolute Gasteiger partial charge is 0.425 e. The van der Waals surface area contributed by atoms with Gasteiger partial charge in [0.2, 0.25) is 5.91 Å². The number of amides is 1. The molecule has 5 rings (SSSR count). The SMILES string of the molecule is CCCC(=O)c1ccc(C[C@@H](C(=O)Nc2ccc(-c3ccc(Cl)cc3C)cc2)c2ccc(-c3ccc(C(C)(C)C)cc3)cc2)cc1.O=S(=O)=O. The van der Waals surface area contributed by atoms with E-state index in [1.807, 2.05) is 80.6 Å². The minimum Gasteiger partial charge on any atom is -0.326 e. The number of nitrogens with one attached hydrogen (secondary N) is 1. The fraction of sp³-hybridized carbons (Fsp3) is 0.238. The van der Waals surface area contributed by atoms with Crippen LogP contribution in [0.3, 0.4) is 0 Å². The Balaban J connectivity index is 0.00000133. The molecular formula is C42H42ClNO5S. The maximum Gasteiger partial charge on any atom is 0.425 e. The molecule has 0 saturated heterocycles. The fourth-order valence-electron chi connectivity index (χ4n) is 5.78. The van der Waals surface area contributed by atoms with Gasteiger partial charge in [0.1, 0.15) is 0 Å². The van der Waals surface area contributed by atoms with Crippen molar-refractivity contribution in [3.63, 3.8) is 0 Å². The second-order valence-corrected chi connectivity index (χ2v) is 14.2. The maximum absolute atomic E-state index is 13.9. The van der Waals surface area contributed by atoms with E-state index >= 15 is 0 Å². The highest BCUT2D eigenvalue weighted by Gasteiger charge is 2.22. The molecule has 0 fully saturated rings. The summed E-state index contributed by atoms with van der Waals surface area (Å²) >= 11 is 6.16. The van der Waals surface area contributed by atoms with Crippen molar-refractivity contribution in [2.45, 2.75) is 65.2 Å². The lowest BCUT2D eigenvalue weighted by molar-refractivity contribution is -0.117. The molecule has 5 aromatic rings. The second-order valence-electron chi connectivity index (χ2n) is 13.3. The molecule has 8 heteroatoms. The number of hydrogen-bond acceptors (Lipinski definition) is 5. The van der Waals surface area contributed by atoms with Crippen molar-refractivity contribution in [3.8, 4) is 22.3 Å². The molecule has 0 aliphatic heterocycles. The standard InChI is InChI=1S/C42H42ClNO2.O3S/c1-6-7-40(45)34-10-8-29(9-11-34)27-39(33-14-12-30(13-15-33)31-16-20-35(21-17-31)42(3,4)5)41(46)44-37-23-18-32(19-24-37)38-25-22-36(43)26-28(38)2;1-4(2)3/h8-26,39H,6-7,27H2,1-5H3,(H,44,46);/t39-;/m1./s1. The Kier molecular flexibility index (Phi) is 13.1. The fourth-order valence-corrected chi connectivity index (χ4v) is 6.01. The molecule has 0 unspecified atom stereocenters. The quantitative estimate of drug-likeness (QED) is 0.146. The maximum atomic E-state index is 13.9. The summed E-state index contributed by atoms with van der Waals surface area (Å²) < 4.78 is 25.3. The van der Waals surface area contributed by atoms with Crippen molar-refractivity contribution < 1.29 is 22.2 Å². The van der Waals surface area contributed by atoms with Crippen molar-refractivity contribution in [2.24, 2.45) is 0 Å². The van der Waals surface area contributed by atoms with Gasteiger partial charge in [0.25, 0.3) is 0 Å². The summed E-state index contributed by atoms with van der Waals surface area (Å²) in [6.07, 6.45) is 1.86. The van der Waals surface area contributed by atoms with E-state index in [0.717, 1.165) is 51.1 Å². The van der Waals surface area contributed by atoms with E-state index in [4.69, 9.17) is 24.2 Å². The first kappa shape index (κ1) is 38.0. The monoisotopic (exact) mass is 707 g/mol. The third-order valence-corrected chi connectivity index (χ3v) is 8.79. The number of hydrogen-bond donors (Lipinski definition) is 1. The summed E-state index contributed by atoms with van der Waals surface area (Å²) in [6.45, 7) is 10.7. The van der Waals surface area contributed by atoms with Crippen LogP contribution in [0.4, 0.5) is 5.69 Å². The van der Waals surface area contributed by atoms with Crippen molar-refractivity contribution >= 4 is 39.6 Å². The highest BCUT2D eigenvalue weighted by molar-refractivity contribution is 7.59. The van der Waals surface area contributed by atoms with Crippen LogP contribution in [0.15, 0.2) is 115 Å². The van der Waals surface area contributed by atoms with Gasteiger partial charge in [-0.2, -0.15) is 0 Å². The van der Waals surface area contributed by atoms with Crippen molar-refractivity contribution in [1.82, 2.24) is 0 Å². The summed E-state index contributed by atoms with van der Waals surface area (Å²) in [5.41, 5.74) is 10.3. The summed E-state index contributed by atoms with van der Waals surface area (Å²) in [4.78, 5) is 26.3. The van der Waals surface area contributed by atoms with Crippen LogP contribution in [-0.4, -0.2) is 24.3 Å². The zero-order valence-corrected chi connectivity index (χ0v) is 30.6. The molecule has 258 valence electrons. The van der Waals surface area contributed by atoms with Gasteiger partial charge < -0.3 is 5.32 Å². The topological polar surface area (TPSA) is 97.4 Å². The van der Waals surface area contributed by atoms with Crippen LogP contribution >= 0.6 is 11.6 Å². The molecule has 0 saturated carbocycles. The van der Waals surface area contributed by atoms with E-state index in [-0.39, 0.29) is 17.1 Å². The van der Waals surface area contributed by atoms with Gasteiger partial charge in [-0.1, -0.05) is 130 Å². The summed E-state index contributed by atoms with van der Waals surface area (Å²) in [7, 11) is -3.11. The van der Waals surface area contributed by atoms with Crippen LogP contribution in [0.5, 0.6) is 0 Å². The lowest BCUT2D eigenvalue weighted by Gasteiger charge is -2.20. The molecule has 0 aromatic heterocycles. The normalized spacial score (nSPS) is 11.6. The van der Waals surface area contributed by atoms with Crippen LogP contribution < -0.4 is 5.32 Å². The van der Waals surface area contributed by atoms with Crippen molar-refractivity contribution in [1.29, 1.82) is 0 Å². The van der Waals surface area contributed by atoms with Gasteiger partial charge in [0, 0.05) is 22.7 Å². The molecule has 0 spiro atoms. The van der Waals surface area contributed by atoms with E-state index in [0.29, 0.717) is 23.4 Å². The van der Waals surface area contributed by atoms with Crippen LogP contribution in [0.2, 0.25) is 5.02 Å². The number of rotatable bonds is 10. The Morgan fingerprint density at radius 2 is 1.28 bits per heavy atom. The molecule has 0 radical (unpaired) electrons. The Hall–Kier alpha value is -4.85. The van der Waals surface area contributed by atoms with Crippen LogP contribution in [0.1, 0.15) is 79.1 Å². The summed E-state index contributed by atoms with van der Waals surface area (Å²) in [6, 6.07) is 38.5. The molecule has 50 heavy (non-hydrogen) atoms. The van der Waals surface area contributed by atoms with E-state index in [1.165, 1.54) is 5.56 Å². The Labute approximate surface area is 301 Å². The molecule has 1 N–H and O–H groups in total. The summed E-state index contributed by atoms with van der Waals surface area (Å²) in [5.74, 6) is -0.358. The predicted molar refractivity (Wildman–Crippen MR) is 203 cm³/mol. The average Bonchev–Trinajstić information content (AvgIpc) is 3.07. The average molecular weight is 708 g/mol. The number of ketones is 1. The first-order valence-electron chi connectivity index (χ1n) is 16.5. The number of Topliss-reactive ketones (excluding diaryl/α,β-unsaturated/α-hetero) is 1. The first-order valence-corrected chi connectivity index (χ1v) is 17.9. The van der Waals surface area contributed by atoms with Crippen LogP contribution in [0, 0.1) is 6.92 Å². The molecule has 5 aromatic carbocycles. The molecule has 6 nitrogen and oxygen atoms in total. The van der Waals surface area contributed by atoms with Gasteiger partial charge in [0.05, 0.1) is 5.92 Å². The summed E-state index contributed by atoms with van der Waals surface area (Å²) in [5, 5.41) is 3.87. The second kappa shape index (κ2) is 17.2. The Morgan fingerprint density at radius 3 is 1.80 bits per heavy atom. The van der Waals surface area contributed by atoms with Gasteiger partial charge in [-0.15, -0.1) is 12.6 Å². The highest BCUT2D eigenvalue weighted by atomic mass is 35.5. The molecule has 0 heterocycles. The molecule has 1 amide bonds. The molecular weight excluding hydrogens is 666 g/mol. The third-order valence-electron chi connectivity index (χ3n) is 8.56. The first-order chi connectivity index (χ1) is 23.7. The smallest absolute Gasteiger partial charge is 0.326 e. The highest BCUT2D eigenvalue weighted by Crippen LogP contribution is 2.31.